The number of hydrogen-bond acceptors (Lipinski definition) is 3. The van der Waals surface area contributed by atoms with E-state index in [9.17, 15) is 10.1 Å². The lowest BCUT2D eigenvalue weighted by Gasteiger charge is -2.33. The summed E-state index contributed by atoms with van der Waals surface area (Å²) in [5, 5.41) is 9.32. The van der Waals surface area contributed by atoms with Gasteiger partial charge in [0, 0.05) is 17.6 Å². The Morgan fingerprint density at radius 2 is 2.20 bits per heavy atom. The van der Waals surface area contributed by atoms with Crippen molar-refractivity contribution in [1.29, 1.82) is 5.26 Å². The first-order valence-corrected chi connectivity index (χ1v) is 7.25. The van der Waals surface area contributed by atoms with Crippen molar-refractivity contribution < 1.29 is 9.53 Å². The zero-order chi connectivity index (χ0) is 14.9. The zero-order valence-electron chi connectivity index (χ0n) is 11.8. The number of benzene rings is 1. The molecule has 1 heterocycles. The quantitative estimate of drug-likeness (QED) is 0.723. The second-order valence-electron chi connectivity index (χ2n) is 5.89. The molecule has 0 aromatic heterocycles. The predicted octanol–water partition coefficient (Wildman–Crippen LogP) is 3.81. The van der Waals surface area contributed by atoms with Gasteiger partial charge in [-0.15, -0.1) is 0 Å². The number of carbonyl (C=O) groups excluding carboxylic acids is 1. The number of halogens is 1. The third-order valence-electron chi connectivity index (χ3n) is 3.06. The highest BCUT2D eigenvalue weighted by Gasteiger charge is 2.30. The Morgan fingerprint density at radius 1 is 1.50 bits per heavy atom. The highest BCUT2D eigenvalue weighted by Crippen LogP contribution is 2.31. The molecule has 0 radical (unpaired) electrons. The fraction of sp³-hybridized carbons (Fsp3) is 0.467. The molecule has 0 N–H and O–H groups in total. The van der Waals surface area contributed by atoms with Crippen LogP contribution in [0.1, 0.15) is 37.8 Å². The molecule has 1 aliphatic heterocycles. The molecule has 0 aliphatic carbocycles. The first kappa shape index (κ1) is 14.9. The molecular weight excluding hydrogens is 320 g/mol. The molecule has 2 rings (SSSR count). The lowest BCUT2D eigenvalue weighted by molar-refractivity contribution is 0.0216. The van der Waals surface area contributed by atoms with Crippen molar-refractivity contribution in [3.63, 3.8) is 0 Å². The third-order valence-corrected chi connectivity index (χ3v) is 3.55. The normalized spacial score (nSPS) is 18.1. The van der Waals surface area contributed by atoms with Crippen LogP contribution < -0.4 is 0 Å². The first-order valence-electron chi connectivity index (χ1n) is 6.46. The van der Waals surface area contributed by atoms with Crippen LogP contribution in [0.5, 0.6) is 0 Å². The van der Waals surface area contributed by atoms with E-state index in [-0.39, 0.29) is 12.0 Å². The van der Waals surface area contributed by atoms with Crippen LogP contribution in [0.15, 0.2) is 22.7 Å². The maximum Gasteiger partial charge on any atom is 0.410 e. The van der Waals surface area contributed by atoms with Crippen molar-refractivity contribution in [2.75, 3.05) is 6.54 Å². The molecule has 20 heavy (non-hydrogen) atoms. The van der Waals surface area contributed by atoms with Gasteiger partial charge in [0.05, 0.1) is 12.0 Å². The van der Waals surface area contributed by atoms with Gasteiger partial charge in [0.15, 0.2) is 0 Å². The molecule has 4 nitrogen and oxygen atoms in total. The average Bonchev–Trinajstić information content (AvgIpc) is 2.35. The summed E-state index contributed by atoms with van der Waals surface area (Å²) in [6.45, 7) is 6.36. The van der Waals surface area contributed by atoms with E-state index >= 15 is 0 Å². The molecule has 1 aliphatic rings. The van der Waals surface area contributed by atoms with E-state index in [1.54, 1.807) is 4.90 Å². The van der Waals surface area contributed by atoms with Gasteiger partial charge >= 0.3 is 6.09 Å². The van der Waals surface area contributed by atoms with E-state index in [4.69, 9.17) is 4.74 Å². The van der Waals surface area contributed by atoms with E-state index in [1.165, 1.54) is 0 Å². The van der Waals surface area contributed by atoms with Crippen molar-refractivity contribution in [2.24, 2.45) is 0 Å². The van der Waals surface area contributed by atoms with Gasteiger partial charge in [0.1, 0.15) is 5.60 Å². The van der Waals surface area contributed by atoms with Crippen molar-refractivity contribution in [2.45, 2.75) is 38.8 Å². The lowest BCUT2D eigenvalue weighted by Crippen LogP contribution is -2.41. The molecule has 5 heteroatoms. The smallest absolute Gasteiger partial charge is 0.410 e. The number of ether oxygens (including phenoxy) is 1. The minimum atomic E-state index is -0.529. The van der Waals surface area contributed by atoms with E-state index < -0.39 is 5.60 Å². The average molecular weight is 337 g/mol. The number of nitrogens with zero attached hydrogens (tertiary/aromatic N) is 2. The number of carbonyl (C=O) groups is 1. The minimum Gasteiger partial charge on any atom is -0.444 e. The van der Waals surface area contributed by atoms with Gasteiger partial charge in [-0.25, -0.2) is 4.79 Å². The maximum absolute atomic E-state index is 12.1. The summed E-state index contributed by atoms with van der Waals surface area (Å²) in [4.78, 5) is 13.7. The van der Waals surface area contributed by atoms with Gasteiger partial charge in [0.2, 0.25) is 0 Å². The van der Waals surface area contributed by atoms with Crippen molar-refractivity contribution in [3.05, 3.63) is 33.8 Å². The van der Waals surface area contributed by atoms with Crippen LogP contribution in [0.25, 0.3) is 0 Å². The molecule has 0 saturated heterocycles. The summed E-state index contributed by atoms with van der Waals surface area (Å²) in [6.07, 6.45) is -0.369. The molecular formula is C15H17BrN2O2. The second-order valence-corrected chi connectivity index (χ2v) is 6.80. The summed E-state index contributed by atoms with van der Waals surface area (Å²) in [5.41, 5.74) is 1.46. The predicted molar refractivity (Wildman–Crippen MR) is 79.1 cm³/mol. The molecule has 1 atom stereocenters. The molecule has 106 valence electrons. The Hall–Kier alpha value is -1.54. The summed E-state index contributed by atoms with van der Waals surface area (Å²) in [7, 11) is 0. The molecule has 1 aromatic rings. The number of nitriles is 1. The molecule has 0 fully saturated rings. The highest BCUT2D eigenvalue weighted by molar-refractivity contribution is 9.10. The van der Waals surface area contributed by atoms with Gasteiger partial charge in [0.25, 0.3) is 0 Å². The lowest BCUT2D eigenvalue weighted by atomic mass is 9.91. The standard InChI is InChI=1S/C15H17BrN2O2/c1-15(2,3)20-14(19)18-8-10-4-5-12(16)6-13(10)11(7-17)9-18/h4-6,11H,8-9H2,1-3H3. The fourth-order valence-electron chi connectivity index (χ4n) is 2.20. The number of amides is 1. The van der Waals surface area contributed by atoms with Crippen molar-refractivity contribution in [3.8, 4) is 6.07 Å². The summed E-state index contributed by atoms with van der Waals surface area (Å²) < 4.78 is 6.32. The zero-order valence-corrected chi connectivity index (χ0v) is 13.4. The van der Waals surface area contributed by atoms with Crippen LogP contribution >= 0.6 is 15.9 Å². The van der Waals surface area contributed by atoms with E-state index in [0.717, 1.165) is 15.6 Å². The molecule has 1 amide bonds. The van der Waals surface area contributed by atoms with Gasteiger partial charge < -0.3 is 9.64 Å². The van der Waals surface area contributed by atoms with Gasteiger partial charge in [-0.3, -0.25) is 0 Å². The third kappa shape index (κ3) is 3.31. The van der Waals surface area contributed by atoms with Gasteiger partial charge in [-0.2, -0.15) is 5.26 Å². The van der Waals surface area contributed by atoms with Crippen LogP contribution in [0.2, 0.25) is 0 Å². The van der Waals surface area contributed by atoms with Crippen LogP contribution in [-0.4, -0.2) is 23.1 Å². The number of rotatable bonds is 0. The molecule has 1 unspecified atom stereocenters. The summed E-state index contributed by atoms with van der Waals surface area (Å²) in [6, 6.07) is 8.09. The Bertz CT molecular complexity index is 572. The van der Waals surface area contributed by atoms with Crippen LogP contribution in [-0.2, 0) is 11.3 Å². The maximum atomic E-state index is 12.1. The topological polar surface area (TPSA) is 53.3 Å². The van der Waals surface area contributed by atoms with Crippen LogP contribution in [0, 0.1) is 11.3 Å². The number of fused-ring (bicyclic) bond motifs is 1. The SMILES string of the molecule is CC(C)(C)OC(=O)N1Cc2ccc(Br)cc2C(C#N)C1. The molecule has 0 bridgehead atoms. The van der Waals surface area contributed by atoms with Crippen LogP contribution in [0.3, 0.4) is 0 Å². The molecule has 1 aromatic carbocycles. The Balaban J connectivity index is 2.24. The monoisotopic (exact) mass is 336 g/mol. The summed E-state index contributed by atoms with van der Waals surface area (Å²) >= 11 is 3.42. The largest absolute Gasteiger partial charge is 0.444 e. The van der Waals surface area contributed by atoms with E-state index in [2.05, 4.69) is 22.0 Å². The van der Waals surface area contributed by atoms with E-state index in [1.807, 2.05) is 39.0 Å². The van der Waals surface area contributed by atoms with Gasteiger partial charge in [-0.1, -0.05) is 22.0 Å². The highest BCUT2D eigenvalue weighted by atomic mass is 79.9. The second kappa shape index (κ2) is 5.45. The van der Waals surface area contributed by atoms with Gasteiger partial charge in [-0.05, 0) is 44.0 Å². The number of hydrogen-bond donors (Lipinski definition) is 0. The fourth-order valence-corrected chi connectivity index (χ4v) is 2.58. The first-order chi connectivity index (χ1) is 9.30. The summed E-state index contributed by atoms with van der Waals surface area (Å²) in [5.74, 6) is -0.316. The van der Waals surface area contributed by atoms with Crippen LogP contribution in [0.4, 0.5) is 4.79 Å². The minimum absolute atomic E-state index is 0.316. The molecule has 0 spiro atoms. The Labute approximate surface area is 127 Å². The Kier molecular flexibility index (Phi) is 4.05. The molecule has 0 saturated carbocycles. The van der Waals surface area contributed by atoms with Crippen molar-refractivity contribution >= 4 is 22.0 Å². The van der Waals surface area contributed by atoms with Crippen molar-refractivity contribution in [1.82, 2.24) is 4.90 Å². The Morgan fingerprint density at radius 3 is 2.80 bits per heavy atom. The van der Waals surface area contributed by atoms with E-state index in [0.29, 0.717) is 13.1 Å².